The number of nitrogens with one attached hydrogen (secondary N) is 1. The van der Waals surface area contributed by atoms with Crippen molar-refractivity contribution in [1.29, 1.82) is 5.26 Å². The minimum atomic E-state index is 0.0208. The van der Waals surface area contributed by atoms with Gasteiger partial charge in [-0.3, -0.25) is 0 Å². The standard InChI is InChI=1S/C23H23N5O2/c24-14-16-4-6-18(7-5-16)27-23-26-11-8-21(28-23)20-3-1-2-17(15-25)22(20)30-19-9-12-29-13-10-19/h1-8,11,19H,9-10,12-14,24H2,(H,26,27,28). The lowest BCUT2D eigenvalue weighted by atomic mass is 10.1. The molecule has 1 saturated heterocycles. The first kappa shape index (κ1) is 19.8. The summed E-state index contributed by atoms with van der Waals surface area (Å²) in [5, 5.41) is 12.8. The number of anilines is 2. The van der Waals surface area contributed by atoms with Gasteiger partial charge in [-0.15, -0.1) is 0 Å². The van der Waals surface area contributed by atoms with E-state index in [2.05, 4.69) is 21.4 Å². The van der Waals surface area contributed by atoms with Gasteiger partial charge in [0.25, 0.3) is 0 Å². The second kappa shape index (κ2) is 9.35. The summed E-state index contributed by atoms with van der Waals surface area (Å²) in [5.74, 6) is 1.02. The molecule has 7 nitrogen and oxygen atoms in total. The Morgan fingerprint density at radius 3 is 2.67 bits per heavy atom. The minimum absolute atomic E-state index is 0.0208. The van der Waals surface area contributed by atoms with E-state index in [-0.39, 0.29) is 6.10 Å². The van der Waals surface area contributed by atoms with Crippen molar-refractivity contribution in [1.82, 2.24) is 9.97 Å². The Hall–Kier alpha value is -3.47. The predicted octanol–water partition coefficient (Wildman–Crippen LogP) is 3.78. The Kier molecular flexibility index (Phi) is 6.18. The van der Waals surface area contributed by atoms with E-state index >= 15 is 0 Å². The number of nitrogens with zero attached hydrogens (tertiary/aromatic N) is 3. The predicted molar refractivity (Wildman–Crippen MR) is 114 cm³/mol. The summed E-state index contributed by atoms with van der Waals surface area (Å²) >= 11 is 0. The highest BCUT2D eigenvalue weighted by molar-refractivity contribution is 5.72. The van der Waals surface area contributed by atoms with E-state index in [1.165, 1.54) is 0 Å². The van der Waals surface area contributed by atoms with Gasteiger partial charge in [0, 0.05) is 36.8 Å². The van der Waals surface area contributed by atoms with Gasteiger partial charge >= 0.3 is 0 Å². The van der Waals surface area contributed by atoms with Crippen LogP contribution in [-0.2, 0) is 11.3 Å². The highest BCUT2D eigenvalue weighted by Crippen LogP contribution is 2.34. The molecule has 0 amide bonds. The summed E-state index contributed by atoms with van der Waals surface area (Å²) < 4.78 is 11.7. The van der Waals surface area contributed by atoms with Gasteiger partial charge in [0.15, 0.2) is 0 Å². The molecule has 0 aliphatic carbocycles. The van der Waals surface area contributed by atoms with Crippen LogP contribution >= 0.6 is 0 Å². The number of benzene rings is 2. The highest BCUT2D eigenvalue weighted by Gasteiger charge is 2.20. The van der Waals surface area contributed by atoms with Crippen LogP contribution in [0.4, 0.5) is 11.6 Å². The molecule has 1 aromatic heterocycles. The van der Waals surface area contributed by atoms with Gasteiger partial charge < -0.3 is 20.5 Å². The topological polar surface area (TPSA) is 106 Å². The van der Waals surface area contributed by atoms with Gasteiger partial charge in [0.2, 0.25) is 5.95 Å². The number of nitrogens with two attached hydrogens (primary N) is 1. The van der Waals surface area contributed by atoms with Crippen molar-refractivity contribution in [2.45, 2.75) is 25.5 Å². The van der Waals surface area contributed by atoms with Gasteiger partial charge in [-0.2, -0.15) is 5.26 Å². The van der Waals surface area contributed by atoms with E-state index in [9.17, 15) is 5.26 Å². The molecule has 1 fully saturated rings. The van der Waals surface area contributed by atoms with Crippen LogP contribution in [0, 0.1) is 11.3 Å². The Morgan fingerprint density at radius 1 is 1.13 bits per heavy atom. The molecule has 4 rings (SSSR count). The zero-order valence-corrected chi connectivity index (χ0v) is 16.5. The SMILES string of the molecule is N#Cc1cccc(-c2ccnc(Nc3ccc(CN)cc3)n2)c1OC1CCOCC1. The monoisotopic (exact) mass is 401 g/mol. The summed E-state index contributed by atoms with van der Waals surface area (Å²) in [6.07, 6.45) is 3.31. The molecule has 152 valence electrons. The summed E-state index contributed by atoms with van der Waals surface area (Å²) in [6.45, 7) is 1.83. The van der Waals surface area contributed by atoms with E-state index in [0.29, 0.717) is 42.7 Å². The van der Waals surface area contributed by atoms with Crippen LogP contribution < -0.4 is 15.8 Å². The smallest absolute Gasteiger partial charge is 0.227 e. The van der Waals surface area contributed by atoms with Gasteiger partial charge in [0.05, 0.1) is 24.5 Å². The van der Waals surface area contributed by atoms with Crippen LogP contribution in [-0.4, -0.2) is 29.3 Å². The second-order valence-electron chi connectivity index (χ2n) is 7.02. The number of hydrogen-bond donors (Lipinski definition) is 2. The van der Waals surface area contributed by atoms with Crippen molar-refractivity contribution in [2.75, 3.05) is 18.5 Å². The van der Waals surface area contributed by atoms with Gasteiger partial charge in [-0.05, 0) is 35.9 Å². The maximum atomic E-state index is 9.60. The van der Waals surface area contributed by atoms with Crippen molar-refractivity contribution in [2.24, 2.45) is 5.73 Å². The van der Waals surface area contributed by atoms with Crippen molar-refractivity contribution in [3.8, 4) is 23.1 Å². The number of para-hydroxylation sites is 1. The van der Waals surface area contributed by atoms with Crippen LogP contribution in [0.5, 0.6) is 5.75 Å². The van der Waals surface area contributed by atoms with Crippen LogP contribution in [0.1, 0.15) is 24.0 Å². The molecule has 1 aliphatic heterocycles. The maximum absolute atomic E-state index is 9.60. The van der Waals surface area contributed by atoms with Gasteiger partial charge in [0.1, 0.15) is 17.9 Å². The quantitative estimate of drug-likeness (QED) is 0.647. The van der Waals surface area contributed by atoms with Crippen LogP contribution in [0.15, 0.2) is 54.7 Å². The molecule has 3 aromatic rings. The second-order valence-corrected chi connectivity index (χ2v) is 7.02. The maximum Gasteiger partial charge on any atom is 0.227 e. The first-order chi connectivity index (χ1) is 14.8. The average molecular weight is 401 g/mol. The third kappa shape index (κ3) is 4.57. The molecular formula is C23H23N5O2. The van der Waals surface area contributed by atoms with Gasteiger partial charge in [-0.1, -0.05) is 18.2 Å². The molecule has 3 N–H and O–H groups in total. The zero-order chi connectivity index (χ0) is 20.8. The number of aromatic nitrogens is 2. The van der Waals surface area contributed by atoms with Crippen LogP contribution in [0.25, 0.3) is 11.3 Å². The Labute approximate surface area is 175 Å². The molecule has 2 heterocycles. The lowest BCUT2D eigenvalue weighted by molar-refractivity contribution is 0.0257. The first-order valence-corrected chi connectivity index (χ1v) is 9.94. The molecule has 0 unspecified atom stereocenters. The Bertz CT molecular complexity index is 1040. The van der Waals surface area contributed by atoms with E-state index in [1.807, 2.05) is 42.5 Å². The Morgan fingerprint density at radius 2 is 1.93 bits per heavy atom. The molecule has 2 aromatic carbocycles. The lowest BCUT2D eigenvalue weighted by Crippen LogP contribution is -2.26. The third-order valence-corrected chi connectivity index (χ3v) is 4.97. The Balaban J connectivity index is 1.63. The fraction of sp³-hybridized carbons (Fsp3) is 0.261. The van der Waals surface area contributed by atoms with E-state index in [0.717, 1.165) is 29.7 Å². The number of nitriles is 1. The average Bonchev–Trinajstić information content (AvgIpc) is 2.80. The summed E-state index contributed by atoms with van der Waals surface area (Å²) in [6, 6.07) is 17.4. The number of rotatable bonds is 6. The van der Waals surface area contributed by atoms with Crippen LogP contribution in [0.2, 0.25) is 0 Å². The summed E-state index contributed by atoms with van der Waals surface area (Å²) in [5.41, 5.74) is 9.52. The third-order valence-electron chi connectivity index (χ3n) is 4.97. The minimum Gasteiger partial charge on any atom is -0.488 e. The van der Waals surface area contributed by atoms with Crippen LogP contribution in [0.3, 0.4) is 0 Å². The molecule has 0 bridgehead atoms. The molecule has 30 heavy (non-hydrogen) atoms. The number of ether oxygens (including phenoxy) is 2. The number of hydrogen-bond acceptors (Lipinski definition) is 7. The van der Waals surface area contributed by atoms with Gasteiger partial charge in [-0.25, -0.2) is 9.97 Å². The molecule has 0 saturated carbocycles. The molecule has 1 aliphatic rings. The van der Waals surface area contributed by atoms with Crippen molar-refractivity contribution in [3.63, 3.8) is 0 Å². The summed E-state index contributed by atoms with van der Waals surface area (Å²) in [7, 11) is 0. The molecule has 0 spiro atoms. The highest BCUT2D eigenvalue weighted by atomic mass is 16.5. The molecule has 0 atom stereocenters. The zero-order valence-electron chi connectivity index (χ0n) is 16.5. The fourth-order valence-electron chi connectivity index (χ4n) is 3.34. The molecular weight excluding hydrogens is 378 g/mol. The van der Waals surface area contributed by atoms with Crippen molar-refractivity contribution in [3.05, 3.63) is 65.9 Å². The van der Waals surface area contributed by atoms with E-state index in [4.69, 9.17) is 15.2 Å². The lowest BCUT2D eigenvalue weighted by Gasteiger charge is -2.25. The normalized spacial score (nSPS) is 14.1. The largest absolute Gasteiger partial charge is 0.488 e. The van der Waals surface area contributed by atoms with E-state index in [1.54, 1.807) is 12.3 Å². The molecule has 0 radical (unpaired) electrons. The van der Waals surface area contributed by atoms with Crippen molar-refractivity contribution >= 4 is 11.6 Å². The van der Waals surface area contributed by atoms with Crippen molar-refractivity contribution < 1.29 is 9.47 Å². The fourth-order valence-corrected chi connectivity index (χ4v) is 3.34. The van der Waals surface area contributed by atoms with E-state index < -0.39 is 0 Å². The molecule has 7 heteroatoms. The first-order valence-electron chi connectivity index (χ1n) is 9.94. The summed E-state index contributed by atoms with van der Waals surface area (Å²) in [4.78, 5) is 8.97.